The molecule has 0 atom stereocenters. The zero-order chi connectivity index (χ0) is 16.2. The Labute approximate surface area is 139 Å². The minimum Gasteiger partial charge on any atom is -0.348 e. The van der Waals surface area contributed by atoms with Crippen LogP contribution >= 0.6 is 11.6 Å². The van der Waals surface area contributed by atoms with Crippen molar-refractivity contribution in [3.8, 4) is 0 Å². The van der Waals surface area contributed by atoms with Crippen molar-refractivity contribution in [2.45, 2.75) is 19.4 Å². The van der Waals surface area contributed by atoms with E-state index in [0.717, 1.165) is 12.0 Å². The molecule has 1 saturated heterocycles. The van der Waals surface area contributed by atoms with Crippen molar-refractivity contribution in [1.29, 1.82) is 0 Å². The molecule has 1 aliphatic rings. The fourth-order valence-electron chi connectivity index (χ4n) is 2.53. The van der Waals surface area contributed by atoms with E-state index in [4.69, 9.17) is 11.6 Å². The molecule has 2 aromatic rings. The Morgan fingerprint density at radius 1 is 1.30 bits per heavy atom. The Bertz CT molecular complexity index is 748. The first-order valence-electron chi connectivity index (χ1n) is 7.43. The molecule has 2 heterocycles. The third kappa shape index (κ3) is 3.51. The molecule has 0 unspecified atom stereocenters. The maximum Gasteiger partial charge on any atom is 0.253 e. The average molecular weight is 330 g/mol. The lowest BCUT2D eigenvalue weighted by Crippen LogP contribution is -2.26. The molecule has 2 amide bonds. The van der Waals surface area contributed by atoms with Crippen molar-refractivity contribution in [3.63, 3.8) is 0 Å². The SMILES string of the molecule is O=C(NCc1ccnc(N2CCCC2=O)c1)c1ccccc1Cl. The van der Waals surface area contributed by atoms with Gasteiger partial charge in [-0.2, -0.15) is 0 Å². The van der Waals surface area contributed by atoms with Gasteiger partial charge in [0.05, 0.1) is 10.6 Å². The number of hydrogen-bond acceptors (Lipinski definition) is 3. The number of nitrogens with one attached hydrogen (secondary N) is 1. The van der Waals surface area contributed by atoms with Gasteiger partial charge in [0.1, 0.15) is 5.82 Å². The first-order valence-corrected chi connectivity index (χ1v) is 7.81. The third-order valence-electron chi connectivity index (χ3n) is 3.73. The fraction of sp³-hybridized carbons (Fsp3) is 0.235. The van der Waals surface area contributed by atoms with E-state index in [2.05, 4.69) is 10.3 Å². The van der Waals surface area contributed by atoms with E-state index in [1.165, 1.54) is 0 Å². The van der Waals surface area contributed by atoms with Crippen LogP contribution in [0.25, 0.3) is 0 Å². The number of carbonyl (C=O) groups excluding carboxylic acids is 2. The van der Waals surface area contributed by atoms with Crippen molar-refractivity contribution >= 4 is 29.2 Å². The summed E-state index contributed by atoms with van der Waals surface area (Å²) in [5.74, 6) is 0.498. The topological polar surface area (TPSA) is 62.3 Å². The van der Waals surface area contributed by atoms with Crippen molar-refractivity contribution in [3.05, 3.63) is 58.7 Å². The number of amides is 2. The zero-order valence-corrected chi connectivity index (χ0v) is 13.2. The van der Waals surface area contributed by atoms with E-state index in [1.807, 2.05) is 12.1 Å². The third-order valence-corrected chi connectivity index (χ3v) is 4.06. The number of rotatable bonds is 4. The number of anilines is 1. The van der Waals surface area contributed by atoms with Gasteiger partial charge in [0.15, 0.2) is 0 Å². The summed E-state index contributed by atoms with van der Waals surface area (Å²) in [4.78, 5) is 29.9. The lowest BCUT2D eigenvalue weighted by atomic mass is 10.2. The van der Waals surface area contributed by atoms with Crippen LogP contribution in [0.5, 0.6) is 0 Å². The lowest BCUT2D eigenvalue weighted by Gasteiger charge is -2.15. The maximum atomic E-state index is 12.2. The smallest absolute Gasteiger partial charge is 0.253 e. The molecule has 0 aliphatic carbocycles. The highest BCUT2D eigenvalue weighted by atomic mass is 35.5. The molecule has 1 N–H and O–H groups in total. The van der Waals surface area contributed by atoms with Gasteiger partial charge in [-0.25, -0.2) is 4.98 Å². The Morgan fingerprint density at radius 3 is 2.87 bits per heavy atom. The van der Waals surface area contributed by atoms with Gasteiger partial charge in [-0.15, -0.1) is 0 Å². The molecule has 118 valence electrons. The Hall–Kier alpha value is -2.40. The number of hydrogen-bond donors (Lipinski definition) is 1. The molecule has 3 rings (SSSR count). The van der Waals surface area contributed by atoms with Crippen molar-refractivity contribution in [2.24, 2.45) is 0 Å². The summed E-state index contributed by atoms with van der Waals surface area (Å²) >= 11 is 6.01. The van der Waals surface area contributed by atoms with E-state index in [9.17, 15) is 9.59 Å². The van der Waals surface area contributed by atoms with Gasteiger partial charge in [0.25, 0.3) is 5.91 Å². The highest BCUT2D eigenvalue weighted by molar-refractivity contribution is 6.33. The largest absolute Gasteiger partial charge is 0.348 e. The molecule has 1 fully saturated rings. The molecule has 0 radical (unpaired) electrons. The van der Waals surface area contributed by atoms with Crippen LogP contribution in [-0.2, 0) is 11.3 Å². The van der Waals surface area contributed by atoms with Crippen LogP contribution in [0.1, 0.15) is 28.8 Å². The predicted octanol–water partition coefficient (Wildman–Crippen LogP) is 2.79. The molecule has 0 bridgehead atoms. The van der Waals surface area contributed by atoms with Crippen LogP contribution in [0.2, 0.25) is 5.02 Å². The minimum absolute atomic E-state index is 0.0924. The first kappa shape index (κ1) is 15.5. The van der Waals surface area contributed by atoms with E-state index in [0.29, 0.717) is 35.9 Å². The average Bonchev–Trinajstić information content (AvgIpc) is 2.99. The summed E-state index contributed by atoms with van der Waals surface area (Å²) < 4.78 is 0. The molecular weight excluding hydrogens is 314 g/mol. The fourth-order valence-corrected chi connectivity index (χ4v) is 2.75. The minimum atomic E-state index is -0.230. The van der Waals surface area contributed by atoms with Crippen molar-refractivity contribution in [1.82, 2.24) is 10.3 Å². The van der Waals surface area contributed by atoms with E-state index in [-0.39, 0.29) is 11.8 Å². The van der Waals surface area contributed by atoms with Crippen molar-refractivity contribution in [2.75, 3.05) is 11.4 Å². The van der Waals surface area contributed by atoms with Crippen LogP contribution in [0.3, 0.4) is 0 Å². The van der Waals surface area contributed by atoms with Crippen molar-refractivity contribution < 1.29 is 9.59 Å². The molecule has 1 aromatic heterocycles. The second-order valence-electron chi connectivity index (χ2n) is 5.33. The highest BCUT2D eigenvalue weighted by Gasteiger charge is 2.22. The molecule has 0 saturated carbocycles. The van der Waals surface area contributed by atoms with Crippen LogP contribution in [0, 0.1) is 0 Å². The maximum absolute atomic E-state index is 12.2. The first-order chi connectivity index (χ1) is 11.1. The molecule has 1 aromatic carbocycles. The van der Waals surface area contributed by atoms with Crippen LogP contribution in [0.15, 0.2) is 42.6 Å². The van der Waals surface area contributed by atoms with Gasteiger partial charge in [-0.05, 0) is 36.2 Å². The Morgan fingerprint density at radius 2 is 2.13 bits per heavy atom. The van der Waals surface area contributed by atoms with Crippen LogP contribution < -0.4 is 10.2 Å². The standard InChI is InChI=1S/C17H16ClN3O2/c18-14-5-2-1-4-13(14)17(23)20-11-12-7-8-19-15(10-12)21-9-3-6-16(21)22/h1-2,4-5,7-8,10H,3,6,9,11H2,(H,20,23). The normalized spacial score (nSPS) is 14.1. The summed E-state index contributed by atoms with van der Waals surface area (Å²) in [5.41, 5.74) is 1.33. The quantitative estimate of drug-likeness (QED) is 0.938. The Kier molecular flexibility index (Phi) is 4.57. The number of aromatic nitrogens is 1. The summed E-state index contributed by atoms with van der Waals surface area (Å²) in [6, 6.07) is 10.6. The second-order valence-corrected chi connectivity index (χ2v) is 5.74. The van der Waals surface area contributed by atoms with Gasteiger partial charge in [-0.3, -0.25) is 14.5 Å². The van der Waals surface area contributed by atoms with Gasteiger partial charge < -0.3 is 5.32 Å². The summed E-state index contributed by atoms with van der Waals surface area (Å²) in [7, 11) is 0. The predicted molar refractivity (Wildman–Crippen MR) is 88.4 cm³/mol. The molecule has 23 heavy (non-hydrogen) atoms. The van der Waals surface area contributed by atoms with E-state index < -0.39 is 0 Å². The summed E-state index contributed by atoms with van der Waals surface area (Å²) in [6.45, 7) is 1.04. The monoisotopic (exact) mass is 329 g/mol. The van der Waals surface area contributed by atoms with Gasteiger partial charge >= 0.3 is 0 Å². The van der Waals surface area contributed by atoms with Crippen LogP contribution in [0.4, 0.5) is 5.82 Å². The van der Waals surface area contributed by atoms with Gasteiger partial charge in [-0.1, -0.05) is 23.7 Å². The second kappa shape index (κ2) is 6.79. The lowest BCUT2D eigenvalue weighted by molar-refractivity contribution is -0.117. The van der Waals surface area contributed by atoms with Gasteiger partial charge in [0, 0.05) is 25.7 Å². The summed E-state index contributed by atoms with van der Waals surface area (Å²) in [6.07, 6.45) is 3.07. The number of nitrogens with zero attached hydrogens (tertiary/aromatic N) is 2. The zero-order valence-electron chi connectivity index (χ0n) is 12.5. The molecular formula is C17H16ClN3O2. The van der Waals surface area contributed by atoms with Crippen LogP contribution in [-0.4, -0.2) is 23.3 Å². The molecule has 5 nitrogen and oxygen atoms in total. The number of pyridine rings is 1. The van der Waals surface area contributed by atoms with E-state index >= 15 is 0 Å². The number of halogens is 1. The van der Waals surface area contributed by atoms with Gasteiger partial charge in [0.2, 0.25) is 5.91 Å². The van der Waals surface area contributed by atoms with E-state index in [1.54, 1.807) is 35.4 Å². The Balaban J connectivity index is 1.68. The molecule has 0 spiro atoms. The number of carbonyl (C=O) groups is 2. The summed E-state index contributed by atoms with van der Waals surface area (Å²) in [5, 5.41) is 3.25. The highest BCUT2D eigenvalue weighted by Crippen LogP contribution is 2.20. The molecule has 1 aliphatic heterocycles. The number of benzene rings is 1. The molecule has 6 heteroatoms.